The van der Waals surface area contributed by atoms with Crippen LogP contribution in [0.5, 0.6) is 0 Å². The minimum absolute atomic E-state index is 0.0784. The molecule has 2 N–H and O–H groups in total. The summed E-state index contributed by atoms with van der Waals surface area (Å²) in [5.74, 6) is -0.394. The molecular weight excluding hydrogens is 288 g/mol. The highest BCUT2D eigenvalue weighted by molar-refractivity contribution is 7.94. The molecule has 108 valence electrons. The number of aromatic amines is 1. The topological polar surface area (TPSA) is 79.0 Å². The molecule has 0 aliphatic carbocycles. The maximum Gasteiger partial charge on any atom is 0.268 e. The van der Waals surface area contributed by atoms with Gasteiger partial charge in [-0.15, -0.1) is 0 Å². The fraction of sp³-hybridized carbons (Fsp3) is 0.133. The largest absolute Gasteiger partial charge is 0.351 e. The van der Waals surface area contributed by atoms with Crippen molar-refractivity contribution in [3.63, 3.8) is 0 Å². The number of benzene rings is 1. The minimum atomic E-state index is -3.17. The van der Waals surface area contributed by atoms with Crippen molar-refractivity contribution >= 4 is 15.7 Å². The van der Waals surface area contributed by atoms with Crippen molar-refractivity contribution in [1.82, 2.24) is 10.3 Å². The maximum absolute atomic E-state index is 12.1. The molecular formula is C15H14N2O3S. The van der Waals surface area contributed by atoms with Crippen molar-refractivity contribution in [2.75, 3.05) is 5.75 Å². The van der Waals surface area contributed by atoms with E-state index in [1.165, 1.54) is 6.08 Å². The van der Waals surface area contributed by atoms with Crippen LogP contribution in [0.1, 0.15) is 10.5 Å². The van der Waals surface area contributed by atoms with Crippen LogP contribution < -0.4 is 5.32 Å². The van der Waals surface area contributed by atoms with Crippen LogP contribution in [-0.2, 0) is 9.84 Å². The van der Waals surface area contributed by atoms with Crippen molar-refractivity contribution in [2.24, 2.45) is 0 Å². The number of sulfone groups is 1. The molecule has 1 aliphatic rings. The minimum Gasteiger partial charge on any atom is -0.351 e. The van der Waals surface area contributed by atoms with Gasteiger partial charge in [-0.1, -0.05) is 30.3 Å². The van der Waals surface area contributed by atoms with Gasteiger partial charge in [0.1, 0.15) is 5.69 Å². The Morgan fingerprint density at radius 3 is 2.57 bits per heavy atom. The summed E-state index contributed by atoms with van der Waals surface area (Å²) in [5.41, 5.74) is 2.24. The van der Waals surface area contributed by atoms with Gasteiger partial charge in [-0.05, 0) is 23.8 Å². The zero-order valence-electron chi connectivity index (χ0n) is 11.1. The third-order valence-corrected chi connectivity index (χ3v) is 4.66. The quantitative estimate of drug-likeness (QED) is 0.906. The standard InChI is InChI=1S/C15H14N2O3S/c18-15(16-12-8-9-21(19,20)10-12)14-7-6-13(17-14)11-4-2-1-3-5-11/h1-9,12,17H,10H2,(H,16,18). The van der Waals surface area contributed by atoms with E-state index in [1.54, 1.807) is 6.07 Å². The first-order valence-electron chi connectivity index (χ1n) is 6.50. The average molecular weight is 302 g/mol. The van der Waals surface area contributed by atoms with Gasteiger partial charge in [0.25, 0.3) is 5.91 Å². The lowest BCUT2D eigenvalue weighted by molar-refractivity contribution is 0.0943. The van der Waals surface area contributed by atoms with Gasteiger partial charge >= 0.3 is 0 Å². The van der Waals surface area contributed by atoms with E-state index >= 15 is 0 Å². The molecule has 5 nitrogen and oxygen atoms in total. The summed E-state index contributed by atoms with van der Waals surface area (Å²) in [6.45, 7) is 0. The summed E-state index contributed by atoms with van der Waals surface area (Å²) in [6.07, 6.45) is 1.49. The van der Waals surface area contributed by atoms with Crippen LogP contribution in [0.3, 0.4) is 0 Å². The van der Waals surface area contributed by atoms with E-state index < -0.39 is 15.9 Å². The highest BCUT2D eigenvalue weighted by Gasteiger charge is 2.23. The zero-order chi connectivity index (χ0) is 14.9. The third kappa shape index (κ3) is 3.05. The third-order valence-electron chi connectivity index (χ3n) is 3.26. The molecule has 1 aliphatic heterocycles. The molecule has 0 bridgehead atoms. The second-order valence-electron chi connectivity index (χ2n) is 4.89. The Kier molecular flexibility index (Phi) is 3.39. The Hall–Kier alpha value is -2.34. The van der Waals surface area contributed by atoms with E-state index in [2.05, 4.69) is 10.3 Å². The molecule has 2 aromatic rings. The van der Waals surface area contributed by atoms with Crippen LogP contribution >= 0.6 is 0 Å². The number of hydrogen-bond acceptors (Lipinski definition) is 3. The Labute approximate surface area is 122 Å². The number of nitrogens with one attached hydrogen (secondary N) is 2. The monoisotopic (exact) mass is 302 g/mol. The molecule has 1 aromatic heterocycles. The van der Waals surface area contributed by atoms with Gasteiger partial charge in [-0.3, -0.25) is 4.79 Å². The zero-order valence-corrected chi connectivity index (χ0v) is 11.9. The summed E-state index contributed by atoms with van der Waals surface area (Å²) in [7, 11) is -3.17. The van der Waals surface area contributed by atoms with Crippen molar-refractivity contribution < 1.29 is 13.2 Å². The summed E-state index contributed by atoms with van der Waals surface area (Å²) in [6, 6.07) is 12.7. The van der Waals surface area contributed by atoms with Crippen LogP contribution in [0.25, 0.3) is 11.3 Å². The first-order valence-corrected chi connectivity index (χ1v) is 8.21. The SMILES string of the molecule is O=C(NC1C=CS(=O)(=O)C1)c1ccc(-c2ccccc2)[nH]1. The molecule has 0 spiro atoms. The summed E-state index contributed by atoms with van der Waals surface area (Å²) in [4.78, 5) is 15.1. The van der Waals surface area contributed by atoms with Gasteiger partial charge < -0.3 is 10.3 Å². The Balaban J connectivity index is 1.72. The van der Waals surface area contributed by atoms with Gasteiger partial charge in [0.2, 0.25) is 0 Å². The maximum atomic E-state index is 12.1. The Morgan fingerprint density at radius 1 is 1.14 bits per heavy atom. The lowest BCUT2D eigenvalue weighted by Gasteiger charge is -2.08. The van der Waals surface area contributed by atoms with Crippen molar-refractivity contribution in [1.29, 1.82) is 0 Å². The fourth-order valence-corrected chi connectivity index (χ4v) is 3.46. The van der Waals surface area contributed by atoms with E-state index in [9.17, 15) is 13.2 Å². The Morgan fingerprint density at radius 2 is 1.90 bits per heavy atom. The number of H-pyrrole nitrogens is 1. The molecule has 1 unspecified atom stereocenters. The highest BCUT2D eigenvalue weighted by atomic mass is 32.2. The van der Waals surface area contributed by atoms with Crippen LogP contribution in [-0.4, -0.2) is 31.1 Å². The lowest BCUT2D eigenvalue weighted by atomic mass is 10.2. The Bertz CT molecular complexity index is 791. The number of amides is 1. The summed E-state index contributed by atoms with van der Waals surface area (Å²) < 4.78 is 22.6. The number of aromatic nitrogens is 1. The normalized spacial score (nSPS) is 19.5. The second-order valence-corrected chi connectivity index (χ2v) is 6.82. The summed E-state index contributed by atoms with van der Waals surface area (Å²) in [5, 5.41) is 3.82. The highest BCUT2D eigenvalue weighted by Crippen LogP contribution is 2.18. The molecule has 21 heavy (non-hydrogen) atoms. The predicted octanol–water partition coefficient (Wildman–Crippen LogP) is 1.72. The van der Waals surface area contributed by atoms with Gasteiger partial charge in [-0.25, -0.2) is 8.42 Å². The van der Waals surface area contributed by atoms with Crippen molar-refractivity contribution in [3.05, 3.63) is 59.6 Å². The van der Waals surface area contributed by atoms with Gasteiger partial charge in [0.15, 0.2) is 9.84 Å². The van der Waals surface area contributed by atoms with E-state index in [4.69, 9.17) is 0 Å². The molecule has 1 aromatic carbocycles. The molecule has 1 atom stereocenters. The van der Waals surface area contributed by atoms with Crippen LogP contribution in [0, 0.1) is 0 Å². The van der Waals surface area contributed by atoms with Crippen molar-refractivity contribution in [3.8, 4) is 11.3 Å². The number of carbonyl (C=O) groups is 1. The molecule has 3 rings (SSSR count). The second kappa shape index (κ2) is 5.21. The van der Waals surface area contributed by atoms with Crippen molar-refractivity contribution in [2.45, 2.75) is 6.04 Å². The van der Waals surface area contributed by atoms with Crippen LogP contribution in [0.2, 0.25) is 0 Å². The van der Waals surface area contributed by atoms with Gasteiger partial charge in [0, 0.05) is 11.1 Å². The molecule has 6 heteroatoms. The smallest absolute Gasteiger partial charge is 0.268 e. The molecule has 0 radical (unpaired) electrons. The molecule has 2 heterocycles. The molecule has 0 saturated heterocycles. The fourth-order valence-electron chi connectivity index (χ4n) is 2.23. The summed E-state index contributed by atoms with van der Waals surface area (Å²) >= 11 is 0. The number of hydrogen-bond donors (Lipinski definition) is 2. The first-order chi connectivity index (χ1) is 10.0. The van der Waals surface area contributed by atoms with Crippen LogP contribution in [0.4, 0.5) is 0 Å². The predicted molar refractivity (Wildman–Crippen MR) is 80.4 cm³/mol. The van der Waals surface area contributed by atoms with Crippen LogP contribution in [0.15, 0.2) is 53.9 Å². The average Bonchev–Trinajstić information content (AvgIpc) is 3.07. The number of rotatable bonds is 3. The van der Waals surface area contributed by atoms with E-state index in [0.29, 0.717) is 5.69 Å². The molecule has 0 fully saturated rings. The van der Waals surface area contributed by atoms with E-state index in [-0.39, 0.29) is 11.7 Å². The lowest BCUT2D eigenvalue weighted by Crippen LogP contribution is -2.35. The molecule has 0 saturated carbocycles. The van der Waals surface area contributed by atoms with Gasteiger partial charge in [0.05, 0.1) is 11.8 Å². The molecule has 1 amide bonds. The van der Waals surface area contributed by atoms with Gasteiger partial charge in [-0.2, -0.15) is 0 Å². The first kappa shape index (κ1) is 13.6. The van der Waals surface area contributed by atoms with E-state index in [1.807, 2.05) is 36.4 Å². The van der Waals surface area contributed by atoms with E-state index in [0.717, 1.165) is 16.7 Å². The number of carbonyl (C=O) groups excluding carboxylic acids is 1.